The van der Waals surface area contributed by atoms with E-state index in [2.05, 4.69) is 4.90 Å². The van der Waals surface area contributed by atoms with E-state index in [1.165, 1.54) is 18.9 Å². The summed E-state index contributed by atoms with van der Waals surface area (Å²) in [6.07, 6.45) is 2.41. The summed E-state index contributed by atoms with van der Waals surface area (Å²) in [7, 11) is 0. The molecule has 2 N–H and O–H groups in total. The second-order valence-electron chi connectivity index (χ2n) is 5.61. The van der Waals surface area contributed by atoms with Gasteiger partial charge in [0.15, 0.2) is 0 Å². The highest BCUT2D eigenvalue weighted by Crippen LogP contribution is 2.37. The van der Waals surface area contributed by atoms with Crippen LogP contribution in [0.4, 0.5) is 4.39 Å². The van der Waals surface area contributed by atoms with Crippen LogP contribution in [0, 0.1) is 17.7 Å². The zero-order valence-electron chi connectivity index (χ0n) is 10.3. The van der Waals surface area contributed by atoms with Crippen LogP contribution >= 0.6 is 11.6 Å². The Morgan fingerprint density at radius 3 is 2.89 bits per heavy atom. The van der Waals surface area contributed by atoms with Gasteiger partial charge in [-0.05, 0) is 42.4 Å². The third-order valence-corrected chi connectivity index (χ3v) is 4.68. The second-order valence-corrected chi connectivity index (χ2v) is 6.01. The highest BCUT2D eigenvalue weighted by Gasteiger charge is 2.40. The first-order valence-electron chi connectivity index (χ1n) is 6.55. The Bertz CT molecular complexity index is 451. The number of nitrogens with two attached hydrogens (primary N) is 1. The van der Waals surface area contributed by atoms with E-state index in [0.29, 0.717) is 12.0 Å². The van der Waals surface area contributed by atoms with Gasteiger partial charge in [-0.1, -0.05) is 17.7 Å². The van der Waals surface area contributed by atoms with Crippen LogP contribution in [0.15, 0.2) is 18.2 Å². The monoisotopic (exact) mass is 268 g/mol. The van der Waals surface area contributed by atoms with E-state index >= 15 is 0 Å². The van der Waals surface area contributed by atoms with Gasteiger partial charge in [0, 0.05) is 25.7 Å². The summed E-state index contributed by atoms with van der Waals surface area (Å²) in [5.41, 5.74) is 7.11. The number of hydrogen-bond acceptors (Lipinski definition) is 2. The lowest BCUT2D eigenvalue weighted by Crippen LogP contribution is -2.30. The molecule has 3 rings (SSSR count). The molecule has 4 heteroatoms. The predicted molar refractivity (Wildman–Crippen MR) is 70.9 cm³/mol. The minimum Gasteiger partial charge on any atom is -0.327 e. The molecule has 2 aliphatic rings. The van der Waals surface area contributed by atoms with Crippen molar-refractivity contribution in [2.45, 2.75) is 25.4 Å². The van der Waals surface area contributed by atoms with Crippen LogP contribution in [0.25, 0.3) is 0 Å². The third-order valence-electron chi connectivity index (χ3n) is 4.38. The summed E-state index contributed by atoms with van der Waals surface area (Å²) >= 11 is 5.69. The molecule has 98 valence electrons. The molecule has 0 spiro atoms. The lowest BCUT2D eigenvalue weighted by molar-refractivity contribution is 0.298. The molecule has 2 fully saturated rings. The first kappa shape index (κ1) is 12.4. The molecule has 1 heterocycles. The predicted octanol–water partition coefficient (Wildman–Crippen LogP) is 2.65. The molecule has 1 saturated heterocycles. The van der Waals surface area contributed by atoms with Crippen molar-refractivity contribution in [2.75, 3.05) is 13.1 Å². The third kappa shape index (κ3) is 2.27. The van der Waals surface area contributed by atoms with Crippen LogP contribution in [0.3, 0.4) is 0 Å². The van der Waals surface area contributed by atoms with Gasteiger partial charge in [0.25, 0.3) is 0 Å². The lowest BCUT2D eigenvalue weighted by atomic mass is 9.98. The Morgan fingerprint density at radius 1 is 1.33 bits per heavy atom. The number of nitrogens with zero attached hydrogens (tertiary/aromatic N) is 1. The fourth-order valence-corrected chi connectivity index (χ4v) is 3.54. The smallest absolute Gasteiger partial charge is 0.142 e. The SMILES string of the molecule is NC1CCC2CN(Cc3ccc(Cl)c(F)c3)CC12. The number of halogens is 2. The van der Waals surface area contributed by atoms with Gasteiger partial charge in [0.2, 0.25) is 0 Å². The zero-order valence-corrected chi connectivity index (χ0v) is 11.0. The maximum Gasteiger partial charge on any atom is 0.142 e. The average Bonchev–Trinajstić information content (AvgIpc) is 2.87. The summed E-state index contributed by atoms with van der Waals surface area (Å²) < 4.78 is 13.4. The molecular weight excluding hydrogens is 251 g/mol. The Balaban J connectivity index is 1.66. The van der Waals surface area contributed by atoms with Crippen LogP contribution in [0.5, 0.6) is 0 Å². The fraction of sp³-hybridized carbons (Fsp3) is 0.571. The minimum atomic E-state index is -0.328. The lowest BCUT2D eigenvalue weighted by Gasteiger charge is -2.18. The number of benzene rings is 1. The number of rotatable bonds is 2. The molecule has 0 radical (unpaired) electrons. The van der Waals surface area contributed by atoms with Crippen molar-refractivity contribution in [2.24, 2.45) is 17.6 Å². The largest absolute Gasteiger partial charge is 0.327 e. The molecule has 1 saturated carbocycles. The molecular formula is C14H18ClFN2. The molecule has 0 aromatic heterocycles. The molecule has 1 aromatic carbocycles. The molecule has 0 bridgehead atoms. The molecule has 18 heavy (non-hydrogen) atoms. The van der Waals surface area contributed by atoms with Crippen molar-refractivity contribution in [3.63, 3.8) is 0 Å². The van der Waals surface area contributed by atoms with E-state index in [1.807, 2.05) is 6.07 Å². The van der Waals surface area contributed by atoms with Crippen molar-refractivity contribution < 1.29 is 4.39 Å². The Morgan fingerprint density at radius 2 is 2.17 bits per heavy atom. The van der Waals surface area contributed by atoms with E-state index in [1.54, 1.807) is 6.07 Å². The van der Waals surface area contributed by atoms with Crippen LogP contribution in [-0.2, 0) is 6.54 Å². The van der Waals surface area contributed by atoms with Gasteiger partial charge in [0.1, 0.15) is 5.82 Å². The van der Waals surface area contributed by atoms with E-state index in [9.17, 15) is 4.39 Å². The van der Waals surface area contributed by atoms with Gasteiger partial charge in [-0.3, -0.25) is 4.90 Å². The molecule has 3 atom stereocenters. The first-order valence-corrected chi connectivity index (χ1v) is 6.93. The van der Waals surface area contributed by atoms with E-state index < -0.39 is 0 Å². The van der Waals surface area contributed by atoms with Crippen LogP contribution in [0.2, 0.25) is 5.02 Å². The maximum absolute atomic E-state index is 13.4. The summed E-state index contributed by atoms with van der Waals surface area (Å²) in [5.74, 6) is 1.06. The average molecular weight is 269 g/mol. The molecule has 0 amide bonds. The van der Waals surface area contributed by atoms with E-state index in [0.717, 1.165) is 31.1 Å². The molecule has 1 aliphatic carbocycles. The van der Waals surface area contributed by atoms with Gasteiger partial charge in [-0.2, -0.15) is 0 Å². The van der Waals surface area contributed by atoms with Gasteiger partial charge in [0.05, 0.1) is 5.02 Å². The molecule has 1 aliphatic heterocycles. The van der Waals surface area contributed by atoms with Crippen molar-refractivity contribution in [3.05, 3.63) is 34.6 Å². The van der Waals surface area contributed by atoms with Crippen LogP contribution < -0.4 is 5.73 Å². The molecule has 1 aromatic rings. The topological polar surface area (TPSA) is 29.3 Å². The normalized spacial score (nSPS) is 31.8. The van der Waals surface area contributed by atoms with Crippen molar-refractivity contribution in [1.82, 2.24) is 4.90 Å². The summed E-state index contributed by atoms with van der Waals surface area (Å²) in [6, 6.07) is 5.44. The zero-order chi connectivity index (χ0) is 12.7. The Kier molecular flexibility index (Phi) is 3.31. The van der Waals surface area contributed by atoms with Gasteiger partial charge in [-0.25, -0.2) is 4.39 Å². The quantitative estimate of drug-likeness (QED) is 0.894. The van der Waals surface area contributed by atoms with Gasteiger partial charge in [-0.15, -0.1) is 0 Å². The van der Waals surface area contributed by atoms with Gasteiger partial charge >= 0.3 is 0 Å². The van der Waals surface area contributed by atoms with Crippen LogP contribution in [0.1, 0.15) is 18.4 Å². The standard InChI is InChI=1S/C14H18ClFN2/c15-12-3-1-9(5-13(12)16)6-18-7-10-2-4-14(17)11(10)8-18/h1,3,5,10-11,14H,2,4,6-8,17H2. The number of fused-ring (bicyclic) bond motifs is 1. The van der Waals surface area contributed by atoms with Crippen molar-refractivity contribution >= 4 is 11.6 Å². The fourth-order valence-electron chi connectivity index (χ4n) is 3.43. The maximum atomic E-state index is 13.4. The molecule has 2 nitrogen and oxygen atoms in total. The highest BCUT2D eigenvalue weighted by molar-refractivity contribution is 6.30. The van der Waals surface area contributed by atoms with Gasteiger partial charge < -0.3 is 5.73 Å². The summed E-state index contributed by atoms with van der Waals surface area (Å²) in [4.78, 5) is 2.39. The van der Waals surface area contributed by atoms with Crippen molar-refractivity contribution in [3.8, 4) is 0 Å². The second kappa shape index (κ2) is 4.80. The minimum absolute atomic E-state index is 0.194. The molecule has 3 unspecified atom stereocenters. The Labute approximate surface area is 112 Å². The van der Waals surface area contributed by atoms with Crippen molar-refractivity contribution in [1.29, 1.82) is 0 Å². The highest BCUT2D eigenvalue weighted by atomic mass is 35.5. The van der Waals surface area contributed by atoms with E-state index in [4.69, 9.17) is 17.3 Å². The summed E-state index contributed by atoms with van der Waals surface area (Å²) in [5, 5.41) is 0.194. The van der Waals surface area contributed by atoms with E-state index in [-0.39, 0.29) is 10.8 Å². The number of likely N-dealkylation sites (tertiary alicyclic amines) is 1. The summed E-state index contributed by atoms with van der Waals surface area (Å²) in [6.45, 7) is 2.95. The van der Waals surface area contributed by atoms with Crippen LogP contribution in [-0.4, -0.2) is 24.0 Å². The first-order chi connectivity index (χ1) is 8.63. The number of hydrogen-bond donors (Lipinski definition) is 1. The Hall–Kier alpha value is -0.640.